The first-order valence-electron chi connectivity index (χ1n) is 9.26. The SMILES string of the molecule is CC(=O)NC(C(=O)OCC(=O)NCC1CCCCC1)C1CCCC1. The zero-order valence-corrected chi connectivity index (χ0v) is 14.6. The minimum atomic E-state index is -0.629. The van der Waals surface area contributed by atoms with Gasteiger partial charge in [-0.15, -0.1) is 0 Å². The summed E-state index contributed by atoms with van der Waals surface area (Å²) < 4.78 is 5.15. The van der Waals surface area contributed by atoms with Gasteiger partial charge in [-0.3, -0.25) is 9.59 Å². The maximum Gasteiger partial charge on any atom is 0.329 e. The van der Waals surface area contributed by atoms with Gasteiger partial charge in [-0.25, -0.2) is 4.79 Å². The van der Waals surface area contributed by atoms with Gasteiger partial charge in [0.25, 0.3) is 5.91 Å². The zero-order valence-electron chi connectivity index (χ0n) is 14.6. The Kier molecular flexibility index (Phi) is 7.53. The van der Waals surface area contributed by atoms with Crippen molar-refractivity contribution in [1.29, 1.82) is 0 Å². The average Bonchev–Trinajstić information content (AvgIpc) is 3.10. The average molecular weight is 338 g/mol. The van der Waals surface area contributed by atoms with Crippen LogP contribution in [-0.2, 0) is 19.1 Å². The molecule has 0 radical (unpaired) electrons. The van der Waals surface area contributed by atoms with Gasteiger partial charge in [-0.2, -0.15) is 0 Å². The number of esters is 1. The second-order valence-electron chi connectivity index (χ2n) is 7.14. The van der Waals surface area contributed by atoms with E-state index >= 15 is 0 Å². The summed E-state index contributed by atoms with van der Waals surface area (Å²) in [6, 6.07) is -0.629. The molecule has 0 heterocycles. The summed E-state index contributed by atoms with van der Waals surface area (Å²) in [6.07, 6.45) is 10.0. The van der Waals surface area contributed by atoms with Crippen LogP contribution in [0.15, 0.2) is 0 Å². The van der Waals surface area contributed by atoms with E-state index in [9.17, 15) is 14.4 Å². The van der Waals surface area contributed by atoms with Gasteiger partial charge in [0.2, 0.25) is 5.91 Å². The lowest BCUT2D eigenvalue weighted by Gasteiger charge is -2.23. The summed E-state index contributed by atoms with van der Waals surface area (Å²) in [7, 11) is 0. The standard InChI is InChI=1S/C18H30N2O4/c1-13(21)20-17(15-9-5-6-10-15)18(23)24-12-16(22)19-11-14-7-3-2-4-8-14/h14-15,17H,2-12H2,1H3,(H,19,22)(H,20,21). The number of hydrogen-bond acceptors (Lipinski definition) is 4. The van der Waals surface area contributed by atoms with Crippen molar-refractivity contribution >= 4 is 17.8 Å². The predicted octanol–water partition coefficient (Wildman–Crippen LogP) is 1.92. The molecular weight excluding hydrogens is 308 g/mol. The predicted molar refractivity (Wildman–Crippen MR) is 90.1 cm³/mol. The van der Waals surface area contributed by atoms with Crippen LogP contribution in [0.4, 0.5) is 0 Å². The molecule has 24 heavy (non-hydrogen) atoms. The highest BCUT2D eigenvalue weighted by Crippen LogP contribution is 2.28. The summed E-state index contributed by atoms with van der Waals surface area (Å²) in [5, 5.41) is 5.54. The van der Waals surface area contributed by atoms with E-state index in [0.29, 0.717) is 12.5 Å². The summed E-state index contributed by atoms with van der Waals surface area (Å²) in [6.45, 7) is 1.79. The molecule has 136 valence electrons. The Morgan fingerprint density at radius 3 is 2.25 bits per heavy atom. The Morgan fingerprint density at radius 1 is 1.00 bits per heavy atom. The zero-order chi connectivity index (χ0) is 17.4. The van der Waals surface area contributed by atoms with Crippen LogP contribution in [0.1, 0.15) is 64.7 Å². The minimum Gasteiger partial charge on any atom is -0.454 e. The first-order chi connectivity index (χ1) is 11.6. The molecule has 0 aromatic heterocycles. The molecule has 2 fully saturated rings. The number of nitrogens with one attached hydrogen (secondary N) is 2. The molecule has 0 spiro atoms. The number of carbonyl (C=O) groups excluding carboxylic acids is 3. The minimum absolute atomic E-state index is 0.117. The third kappa shape index (κ3) is 6.13. The second kappa shape index (κ2) is 9.64. The molecule has 2 amide bonds. The number of amides is 2. The molecule has 2 rings (SSSR count). The van der Waals surface area contributed by atoms with Crippen molar-refractivity contribution in [2.75, 3.05) is 13.2 Å². The van der Waals surface area contributed by atoms with Gasteiger partial charge in [0, 0.05) is 13.5 Å². The van der Waals surface area contributed by atoms with E-state index in [0.717, 1.165) is 38.5 Å². The monoisotopic (exact) mass is 338 g/mol. The summed E-state index contributed by atoms with van der Waals surface area (Å²) in [5.74, 6) is -0.340. The lowest BCUT2D eigenvalue weighted by atomic mass is 9.89. The van der Waals surface area contributed by atoms with E-state index < -0.39 is 12.0 Å². The topological polar surface area (TPSA) is 84.5 Å². The maximum atomic E-state index is 12.3. The third-order valence-corrected chi connectivity index (χ3v) is 5.14. The maximum absolute atomic E-state index is 12.3. The van der Waals surface area contributed by atoms with Crippen molar-refractivity contribution in [1.82, 2.24) is 10.6 Å². The first-order valence-corrected chi connectivity index (χ1v) is 9.26. The van der Waals surface area contributed by atoms with Crippen molar-refractivity contribution < 1.29 is 19.1 Å². The van der Waals surface area contributed by atoms with E-state index in [2.05, 4.69) is 10.6 Å². The number of carbonyl (C=O) groups is 3. The molecule has 0 bridgehead atoms. The van der Waals surface area contributed by atoms with E-state index in [-0.39, 0.29) is 24.3 Å². The van der Waals surface area contributed by atoms with Gasteiger partial charge in [-0.05, 0) is 37.5 Å². The van der Waals surface area contributed by atoms with E-state index in [1.165, 1.54) is 26.2 Å². The third-order valence-electron chi connectivity index (χ3n) is 5.14. The molecule has 0 saturated heterocycles. The second-order valence-corrected chi connectivity index (χ2v) is 7.14. The van der Waals surface area contributed by atoms with Crippen LogP contribution in [0.2, 0.25) is 0 Å². The van der Waals surface area contributed by atoms with Crippen LogP contribution in [-0.4, -0.2) is 37.0 Å². The Morgan fingerprint density at radius 2 is 1.62 bits per heavy atom. The molecule has 6 heteroatoms. The van der Waals surface area contributed by atoms with E-state index in [1.54, 1.807) is 0 Å². The molecular formula is C18H30N2O4. The van der Waals surface area contributed by atoms with Crippen molar-refractivity contribution in [3.63, 3.8) is 0 Å². The molecule has 2 aliphatic rings. The summed E-state index contributed by atoms with van der Waals surface area (Å²) in [5.41, 5.74) is 0. The highest BCUT2D eigenvalue weighted by molar-refractivity contribution is 5.86. The van der Waals surface area contributed by atoms with Gasteiger partial charge in [-0.1, -0.05) is 32.1 Å². The molecule has 6 nitrogen and oxygen atoms in total. The van der Waals surface area contributed by atoms with E-state index in [4.69, 9.17) is 4.74 Å². The Hall–Kier alpha value is -1.59. The highest BCUT2D eigenvalue weighted by Gasteiger charge is 2.32. The fourth-order valence-corrected chi connectivity index (χ4v) is 3.81. The van der Waals surface area contributed by atoms with Crippen LogP contribution in [0.5, 0.6) is 0 Å². The molecule has 0 aromatic rings. The highest BCUT2D eigenvalue weighted by atomic mass is 16.5. The van der Waals surface area contributed by atoms with Gasteiger partial charge < -0.3 is 15.4 Å². The fourth-order valence-electron chi connectivity index (χ4n) is 3.81. The van der Waals surface area contributed by atoms with Crippen LogP contribution < -0.4 is 10.6 Å². The Bertz CT molecular complexity index is 440. The van der Waals surface area contributed by atoms with Crippen molar-refractivity contribution in [3.8, 4) is 0 Å². The quantitative estimate of drug-likeness (QED) is 0.695. The number of hydrogen-bond donors (Lipinski definition) is 2. The smallest absolute Gasteiger partial charge is 0.329 e. The number of ether oxygens (including phenoxy) is 1. The molecule has 0 aromatic carbocycles. The summed E-state index contributed by atoms with van der Waals surface area (Å²) >= 11 is 0. The largest absolute Gasteiger partial charge is 0.454 e. The van der Waals surface area contributed by atoms with Crippen LogP contribution in [0.25, 0.3) is 0 Å². The first kappa shape index (κ1) is 18.7. The van der Waals surface area contributed by atoms with Gasteiger partial charge in [0.15, 0.2) is 6.61 Å². The number of rotatable bonds is 7. The molecule has 2 saturated carbocycles. The van der Waals surface area contributed by atoms with Crippen molar-refractivity contribution in [2.24, 2.45) is 11.8 Å². The van der Waals surface area contributed by atoms with Gasteiger partial charge >= 0.3 is 5.97 Å². The van der Waals surface area contributed by atoms with E-state index in [1.807, 2.05) is 0 Å². The van der Waals surface area contributed by atoms with Crippen LogP contribution >= 0.6 is 0 Å². The fraction of sp³-hybridized carbons (Fsp3) is 0.833. The van der Waals surface area contributed by atoms with Gasteiger partial charge in [0.05, 0.1) is 0 Å². The van der Waals surface area contributed by atoms with Crippen molar-refractivity contribution in [2.45, 2.75) is 70.8 Å². The van der Waals surface area contributed by atoms with Crippen molar-refractivity contribution in [3.05, 3.63) is 0 Å². The molecule has 2 aliphatic carbocycles. The summed E-state index contributed by atoms with van der Waals surface area (Å²) in [4.78, 5) is 35.5. The molecule has 1 unspecified atom stereocenters. The van der Waals surface area contributed by atoms with Crippen LogP contribution in [0, 0.1) is 11.8 Å². The normalized spacial score (nSPS) is 20.4. The molecule has 2 N–H and O–H groups in total. The lowest BCUT2D eigenvalue weighted by Crippen LogP contribution is -2.46. The van der Waals surface area contributed by atoms with Crippen LogP contribution in [0.3, 0.4) is 0 Å². The molecule has 1 atom stereocenters. The Labute approximate surface area is 144 Å². The lowest BCUT2D eigenvalue weighted by molar-refractivity contribution is -0.153. The molecule has 0 aliphatic heterocycles. The van der Waals surface area contributed by atoms with Gasteiger partial charge in [0.1, 0.15) is 6.04 Å². The Balaban J connectivity index is 1.72.